The number of anilines is 1. The highest BCUT2D eigenvalue weighted by molar-refractivity contribution is 6.05. The molecular formula is C22H26N2O4. The first-order chi connectivity index (χ1) is 13.1. The van der Waals surface area contributed by atoms with Crippen LogP contribution in [0.5, 0.6) is 0 Å². The minimum atomic E-state index is -0.762. The topological polar surface area (TPSA) is 75.7 Å². The van der Waals surface area contributed by atoms with Crippen molar-refractivity contribution in [1.82, 2.24) is 4.90 Å². The first-order valence-electron chi connectivity index (χ1n) is 8.90. The molecule has 28 heavy (non-hydrogen) atoms. The lowest BCUT2D eigenvalue weighted by atomic mass is 9.82. The fourth-order valence-corrected chi connectivity index (χ4v) is 2.96. The van der Waals surface area contributed by atoms with Gasteiger partial charge in [-0.1, -0.05) is 18.2 Å². The van der Waals surface area contributed by atoms with Gasteiger partial charge < -0.3 is 15.0 Å². The summed E-state index contributed by atoms with van der Waals surface area (Å²) >= 11 is 0. The average Bonchev–Trinajstić information content (AvgIpc) is 2.68. The Labute approximate surface area is 165 Å². The zero-order valence-electron chi connectivity index (χ0n) is 17.1. The molecule has 0 atom stereocenters. The second-order valence-corrected chi connectivity index (χ2v) is 7.38. The van der Waals surface area contributed by atoms with Crippen LogP contribution in [0.25, 0.3) is 0 Å². The summed E-state index contributed by atoms with van der Waals surface area (Å²) in [5.74, 6) is -0.833. The first kappa shape index (κ1) is 21.2. The Morgan fingerprint density at radius 2 is 1.71 bits per heavy atom. The monoisotopic (exact) mass is 382 g/mol. The van der Waals surface area contributed by atoms with E-state index in [4.69, 9.17) is 4.74 Å². The number of hydrogen-bond donors (Lipinski definition) is 1. The largest absolute Gasteiger partial charge is 0.465 e. The lowest BCUT2D eigenvalue weighted by Crippen LogP contribution is -2.39. The number of carbonyl (C=O) groups excluding carboxylic acids is 3. The number of methoxy groups -OCH3 is 1. The molecule has 2 rings (SSSR count). The van der Waals surface area contributed by atoms with E-state index in [-0.39, 0.29) is 11.8 Å². The molecule has 6 heteroatoms. The summed E-state index contributed by atoms with van der Waals surface area (Å²) in [6, 6.07) is 12.0. The van der Waals surface area contributed by atoms with Crippen molar-refractivity contribution in [3.8, 4) is 0 Å². The van der Waals surface area contributed by atoms with Gasteiger partial charge in [0.2, 0.25) is 5.91 Å². The molecule has 0 aliphatic carbocycles. The second-order valence-electron chi connectivity index (χ2n) is 7.38. The van der Waals surface area contributed by atoms with Crippen LogP contribution in [0.15, 0.2) is 42.5 Å². The molecule has 2 aromatic carbocycles. The molecule has 0 heterocycles. The average molecular weight is 382 g/mol. The maximum absolute atomic E-state index is 12.7. The zero-order chi connectivity index (χ0) is 21.1. The minimum absolute atomic E-state index is 0.0497. The normalized spacial score (nSPS) is 10.9. The number of hydrogen-bond acceptors (Lipinski definition) is 4. The van der Waals surface area contributed by atoms with Crippen molar-refractivity contribution in [2.75, 3.05) is 26.5 Å². The number of rotatable bonds is 5. The number of nitrogens with zero attached hydrogens (tertiary/aromatic N) is 1. The Bertz CT molecular complexity index is 917. The van der Waals surface area contributed by atoms with Crippen LogP contribution >= 0.6 is 0 Å². The van der Waals surface area contributed by atoms with Crippen molar-refractivity contribution in [3.05, 3.63) is 64.7 Å². The van der Waals surface area contributed by atoms with Gasteiger partial charge >= 0.3 is 5.97 Å². The van der Waals surface area contributed by atoms with Crippen molar-refractivity contribution in [3.63, 3.8) is 0 Å². The van der Waals surface area contributed by atoms with Crippen LogP contribution in [0.3, 0.4) is 0 Å². The quantitative estimate of drug-likeness (QED) is 0.804. The highest BCUT2D eigenvalue weighted by Gasteiger charge is 2.31. The zero-order valence-corrected chi connectivity index (χ0v) is 17.1. The number of likely N-dealkylation sites (N-methyl/N-ethyl adjacent to an activating group) is 1. The van der Waals surface area contributed by atoms with Crippen LogP contribution in [-0.4, -0.2) is 43.9 Å². The molecule has 0 aromatic heterocycles. The number of carbonyl (C=O) groups is 3. The summed E-state index contributed by atoms with van der Waals surface area (Å²) in [7, 11) is 4.73. The molecular weight excluding hydrogens is 356 g/mol. The van der Waals surface area contributed by atoms with Gasteiger partial charge in [-0.3, -0.25) is 9.59 Å². The molecule has 0 spiro atoms. The van der Waals surface area contributed by atoms with E-state index < -0.39 is 11.4 Å². The van der Waals surface area contributed by atoms with Gasteiger partial charge in [-0.25, -0.2) is 4.79 Å². The van der Waals surface area contributed by atoms with Crippen LogP contribution in [0.4, 0.5) is 5.69 Å². The molecule has 0 saturated heterocycles. The van der Waals surface area contributed by atoms with E-state index in [1.807, 2.05) is 19.9 Å². The molecule has 148 valence electrons. The molecule has 6 nitrogen and oxygen atoms in total. The van der Waals surface area contributed by atoms with Crippen molar-refractivity contribution < 1.29 is 19.1 Å². The number of nitrogens with one attached hydrogen (secondary N) is 1. The van der Waals surface area contributed by atoms with E-state index in [1.54, 1.807) is 57.4 Å². The smallest absolute Gasteiger partial charge is 0.338 e. The van der Waals surface area contributed by atoms with E-state index >= 15 is 0 Å². The fourth-order valence-electron chi connectivity index (χ4n) is 2.96. The van der Waals surface area contributed by atoms with Crippen LogP contribution in [0.1, 0.15) is 45.7 Å². The number of esters is 1. The molecule has 1 N–H and O–H groups in total. The van der Waals surface area contributed by atoms with Gasteiger partial charge in [0.05, 0.1) is 18.1 Å². The van der Waals surface area contributed by atoms with Gasteiger partial charge in [0.1, 0.15) is 0 Å². The van der Waals surface area contributed by atoms with Crippen molar-refractivity contribution in [2.24, 2.45) is 0 Å². The van der Waals surface area contributed by atoms with E-state index in [2.05, 4.69) is 5.32 Å². The summed E-state index contributed by atoms with van der Waals surface area (Å²) in [5.41, 5.74) is 2.06. The van der Waals surface area contributed by atoms with Crippen LogP contribution in [0.2, 0.25) is 0 Å². The number of ether oxygens (including phenoxy) is 1. The lowest BCUT2D eigenvalue weighted by molar-refractivity contribution is -0.133. The predicted molar refractivity (Wildman–Crippen MR) is 109 cm³/mol. The summed E-state index contributed by atoms with van der Waals surface area (Å²) in [4.78, 5) is 38.6. The Hall–Kier alpha value is -3.15. The van der Waals surface area contributed by atoms with Crippen LogP contribution < -0.4 is 5.32 Å². The fraction of sp³-hybridized carbons (Fsp3) is 0.318. The number of amides is 2. The molecule has 0 aliphatic rings. The van der Waals surface area contributed by atoms with E-state index in [9.17, 15) is 14.4 Å². The summed E-state index contributed by atoms with van der Waals surface area (Å²) in [6.45, 7) is 5.45. The summed E-state index contributed by atoms with van der Waals surface area (Å²) < 4.78 is 4.77. The van der Waals surface area contributed by atoms with Crippen molar-refractivity contribution >= 4 is 23.5 Å². The Kier molecular flexibility index (Phi) is 6.23. The molecule has 2 amide bonds. The standard InChI is InChI=1S/C22H26N2O4/c1-14-10-11-17(13-18(14)20(26)28-6)23-19(25)15-8-7-9-16(12-15)22(2,3)21(27)24(4)5/h7-13H,1-6H3,(H,23,25). The highest BCUT2D eigenvalue weighted by atomic mass is 16.5. The maximum Gasteiger partial charge on any atom is 0.338 e. The second kappa shape index (κ2) is 8.25. The van der Waals surface area contributed by atoms with E-state index in [0.717, 1.165) is 11.1 Å². The molecule has 2 aromatic rings. The third-order valence-electron chi connectivity index (χ3n) is 4.69. The Balaban J connectivity index is 2.29. The molecule has 0 aliphatic heterocycles. The van der Waals surface area contributed by atoms with E-state index in [0.29, 0.717) is 16.8 Å². The van der Waals surface area contributed by atoms with Crippen LogP contribution in [-0.2, 0) is 14.9 Å². The van der Waals surface area contributed by atoms with Gasteiger partial charge in [-0.15, -0.1) is 0 Å². The first-order valence-corrected chi connectivity index (χ1v) is 8.90. The summed E-state index contributed by atoms with van der Waals surface area (Å²) in [5, 5.41) is 2.79. The third kappa shape index (κ3) is 4.39. The minimum Gasteiger partial charge on any atom is -0.465 e. The Morgan fingerprint density at radius 1 is 1.04 bits per heavy atom. The van der Waals surface area contributed by atoms with Gasteiger partial charge in [-0.2, -0.15) is 0 Å². The van der Waals surface area contributed by atoms with Crippen LogP contribution in [0, 0.1) is 6.92 Å². The van der Waals surface area contributed by atoms with Crippen molar-refractivity contribution in [2.45, 2.75) is 26.2 Å². The lowest BCUT2D eigenvalue weighted by Gasteiger charge is -2.27. The highest BCUT2D eigenvalue weighted by Crippen LogP contribution is 2.26. The van der Waals surface area contributed by atoms with Gasteiger partial charge in [0, 0.05) is 25.3 Å². The molecule has 0 unspecified atom stereocenters. The number of benzene rings is 2. The molecule has 0 bridgehead atoms. The number of aryl methyl sites for hydroxylation is 1. The molecule has 0 fully saturated rings. The summed E-state index contributed by atoms with van der Waals surface area (Å²) in [6.07, 6.45) is 0. The predicted octanol–water partition coefficient (Wildman–Crippen LogP) is 3.40. The van der Waals surface area contributed by atoms with Gasteiger partial charge in [0.25, 0.3) is 5.91 Å². The van der Waals surface area contributed by atoms with Gasteiger partial charge in [0.15, 0.2) is 0 Å². The van der Waals surface area contributed by atoms with Crippen molar-refractivity contribution in [1.29, 1.82) is 0 Å². The Morgan fingerprint density at radius 3 is 2.32 bits per heavy atom. The third-order valence-corrected chi connectivity index (χ3v) is 4.69. The maximum atomic E-state index is 12.7. The SMILES string of the molecule is COC(=O)c1cc(NC(=O)c2cccc(C(C)(C)C(=O)N(C)C)c2)ccc1C. The van der Waals surface area contributed by atoms with Gasteiger partial charge in [-0.05, 0) is 56.2 Å². The molecule has 0 radical (unpaired) electrons. The molecule has 0 saturated carbocycles. The van der Waals surface area contributed by atoms with E-state index in [1.165, 1.54) is 12.0 Å².